The Balaban J connectivity index is 1.85. The molecule has 4 aromatic rings. The standard InChI is InChI=1S/C15H10FN7O3/c16-9-3-4-10(23(24)25)8(6-9)7-22-14-13(20-21-22)12(18-15(17)19-14)11-2-1-5-26-11/h1-6H,7H2,(H2,17,18,19). The van der Waals surface area contributed by atoms with E-state index in [2.05, 4.69) is 20.3 Å². The molecule has 0 aliphatic carbocycles. The fraction of sp³-hybridized carbons (Fsp3) is 0.0667. The van der Waals surface area contributed by atoms with E-state index in [1.807, 2.05) is 0 Å². The molecular weight excluding hydrogens is 345 g/mol. The largest absolute Gasteiger partial charge is 0.463 e. The molecule has 0 amide bonds. The molecule has 0 aliphatic heterocycles. The molecule has 26 heavy (non-hydrogen) atoms. The van der Waals surface area contributed by atoms with E-state index in [0.717, 1.165) is 18.2 Å². The molecule has 0 saturated carbocycles. The van der Waals surface area contributed by atoms with E-state index in [1.165, 1.54) is 10.9 Å². The van der Waals surface area contributed by atoms with Crippen LogP contribution in [0.15, 0.2) is 41.0 Å². The van der Waals surface area contributed by atoms with Crippen molar-refractivity contribution in [2.24, 2.45) is 0 Å². The lowest BCUT2D eigenvalue weighted by atomic mass is 10.1. The van der Waals surface area contributed by atoms with Gasteiger partial charge in [-0.05, 0) is 24.3 Å². The van der Waals surface area contributed by atoms with Gasteiger partial charge in [-0.3, -0.25) is 10.1 Å². The minimum absolute atomic E-state index is 0.0406. The van der Waals surface area contributed by atoms with E-state index in [4.69, 9.17) is 10.2 Å². The third-order valence-electron chi connectivity index (χ3n) is 3.69. The van der Waals surface area contributed by atoms with Crippen LogP contribution in [0, 0.1) is 15.9 Å². The van der Waals surface area contributed by atoms with Gasteiger partial charge in [-0.2, -0.15) is 4.98 Å². The molecule has 0 atom stereocenters. The number of nitrogen functional groups attached to an aromatic ring is 1. The highest BCUT2D eigenvalue weighted by molar-refractivity contribution is 5.85. The minimum Gasteiger partial charge on any atom is -0.463 e. The smallest absolute Gasteiger partial charge is 0.274 e. The molecule has 1 aromatic carbocycles. The van der Waals surface area contributed by atoms with Gasteiger partial charge in [-0.15, -0.1) is 5.10 Å². The summed E-state index contributed by atoms with van der Waals surface area (Å²) in [6.45, 7) is -0.112. The summed E-state index contributed by atoms with van der Waals surface area (Å²) in [5, 5.41) is 19.1. The first-order valence-electron chi connectivity index (χ1n) is 7.36. The molecular formula is C15H10FN7O3. The van der Waals surface area contributed by atoms with Gasteiger partial charge in [-0.25, -0.2) is 14.1 Å². The molecule has 4 rings (SSSR count). The molecule has 0 aliphatic rings. The molecule has 3 aromatic heterocycles. The summed E-state index contributed by atoms with van der Waals surface area (Å²) in [6.07, 6.45) is 1.47. The lowest BCUT2D eigenvalue weighted by Crippen LogP contribution is -2.07. The Labute approximate surface area is 144 Å². The summed E-state index contributed by atoms with van der Waals surface area (Å²) >= 11 is 0. The van der Waals surface area contributed by atoms with E-state index < -0.39 is 10.7 Å². The zero-order valence-electron chi connectivity index (χ0n) is 13.0. The normalized spacial score (nSPS) is 11.1. The van der Waals surface area contributed by atoms with Gasteiger partial charge in [-0.1, -0.05) is 5.21 Å². The van der Waals surface area contributed by atoms with Crippen molar-refractivity contribution < 1.29 is 13.7 Å². The molecule has 0 saturated heterocycles. The van der Waals surface area contributed by atoms with Crippen LogP contribution in [0.2, 0.25) is 0 Å². The van der Waals surface area contributed by atoms with Gasteiger partial charge in [0.1, 0.15) is 11.5 Å². The molecule has 0 fully saturated rings. The number of hydrogen-bond donors (Lipinski definition) is 1. The first-order valence-corrected chi connectivity index (χ1v) is 7.36. The summed E-state index contributed by atoms with van der Waals surface area (Å²) < 4.78 is 20.1. The predicted octanol–water partition coefficient (Wildman–Crippen LogP) is 2.16. The van der Waals surface area contributed by atoms with Crippen LogP contribution in [0.4, 0.5) is 16.0 Å². The van der Waals surface area contributed by atoms with Crippen LogP contribution in [0.25, 0.3) is 22.6 Å². The van der Waals surface area contributed by atoms with Gasteiger partial charge in [0.2, 0.25) is 5.95 Å². The molecule has 10 nitrogen and oxygen atoms in total. The summed E-state index contributed by atoms with van der Waals surface area (Å²) in [5.74, 6) is -0.213. The average Bonchev–Trinajstić information content (AvgIpc) is 3.25. The highest BCUT2D eigenvalue weighted by atomic mass is 19.1. The van der Waals surface area contributed by atoms with E-state index in [9.17, 15) is 14.5 Å². The number of nitro groups is 1. The van der Waals surface area contributed by atoms with Crippen molar-refractivity contribution in [2.45, 2.75) is 6.54 Å². The van der Waals surface area contributed by atoms with E-state index in [1.54, 1.807) is 12.1 Å². The van der Waals surface area contributed by atoms with Gasteiger partial charge in [0.15, 0.2) is 16.9 Å². The summed E-state index contributed by atoms with van der Waals surface area (Å²) in [4.78, 5) is 18.8. The number of nitro benzene ring substituents is 1. The number of nitrogens with two attached hydrogens (primary N) is 1. The lowest BCUT2D eigenvalue weighted by Gasteiger charge is -2.05. The number of aromatic nitrogens is 5. The summed E-state index contributed by atoms with van der Waals surface area (Å²) in [7, 11) is 0. The maximum atomic E-state index is 13.5. The Morgan fingerprint density at radius 1 is 1.31 bits per heavy atom. The minimum atomic E-state index is -0.597. The Morgan fingerprint density at radius 3 is 2.88 bits per heavy atom. The second-order valence-electron chi connectivity index (χ2n) is 5.36. The fourth-order valence-electron chi connectivity index (χ4n) is 2.58. The van der Waals surface area contributed by atoms with Gasteiger partial charge >= 0.3 is 0 Å². The second kappa shape index (κ2) is 5.88. The van der Waals surface area contributed by atoms with Crippen molar-refractivity contribution in [1.82, 2.24) is 25.0 Å². The quantitative estimate of drug-likeness (QED) is 0.434. The van der Waals surface area contributed by atoms with Crippen molar-refractivity contribution >= 4 is 22.8 Å². The second-order valence-corrected chi connectivity index (χ2v) is 5.36. The number of halogens is 1. The van der Waals surface area contributed by atoms with Crippen LogP contribution in [-0.2, 0) is 6.54 Å². The van der Waals surface area contributed by atoms with Crippen LogP contribution in [0.3, 0.4) is 0 Å². The Morgan fingerprint density at radius 2 is 2.15 bits per heavy atom. The van der Waals surface area contributed by atoms with Crippen molar-refractivity contribution in [3.05, 3.63) is 58.1 Å². The van der Waals surface area contributed by atoms with Gasteiger partial charge in [0, 0.05) is 6.07 Å². The number of nitrogens with zero attached hydrogens (tertiary/aromatic N) is 6. The molecule has 0 unspecified atom stereocenters. The van der Waals surface area contributed by atoms with Crippen LogP contribution in [0.5, 0.6) is 0 Å². The number of benzene rings is 1. The van der Waals surface area contributed by atoms with Crippen LogP contribution in [0.1, 0.15) is 5.56 Å². The fourth-order valence-corrected chi connectivity index (χ4v) is 2.58. The van der Waals surface area contributed by atoms with Gasteiger partial charge in [0.05, 0.1) is 23.3 Å². The van der Waals surface area contributed by atoms with E-state index in [-0.39, 0.29) is 29.4 Å². The third-order valence-corrected chi connectivity index (χ3v) is 3.69. The predicted molar refractivity (Wildman–Crippen MR) is 87.4 cm³/mol. The van der Waals surface area contributed by atoms with Crippen LogP contribution in [-0.4, -0.2) is 29.9 Å². The van der Waals surface area contributed by atoms with Crippen molar-refractivity contribution in [3.63, 3.8) is 0 Å². The maximum absolute atomic E-state index is 13.5. The molecule has 3 heterocycles. The highest BCUT2D eigenvalue weighted by Crippen LogP contribution is 2.27. The van der Waals surface area contributed by atoms with Crippen molar-refractivity contribution in [2.75, 3.05) is 5.73 Å². The first-order chi connectivity index (χ1) is 12.5. The van der Waals surface area contributed by atoms with Crippen molar-refractivity contribution in [1.29, 1.82) is 0 Å². The topological polar surface area (TPSA) is 139 Å². The van der Waals surface area contributed by atoms with Gasteiger partial charge in [0.25, 0.3) is 5.69 Å². The monoisotopic (exact) mass is 355 g/mol. The number of anilines is 1. The zero-order chi connectivity index (χ0) is 18.3. The number of rotatable bonds is 4. The number of fused-ring (bicyclic) bond motifs is 1. The van der Waals surface area contributed by atoms with Crippen LogP contribution < -0.4 is 5.73 Å². The molecule has 0 bridgehead atoms. The van der Waals surface area contributed by atoms with E-state index >= 15 is 0 Å². The Kier molecular flexibility index (Phi) is 3.53. The molecule has 2 N–H and O–H groups in total. The third kappa shape index (κ3) is 2.60. The number of furan rings is 1. The molecule has 130 valence electrons. The zero-order valence-corrected chi connectivity index (χ0v) is 13.0. The highest BCUT2D eigenvalue weighted by Gasteiger charge is 2.20. The molecule has 11 heteroatoms. The maximum Gasteiger partial charge on any atom is 0.274 e. The molecule has 0 spiro atoms. The van der Waals surface area contributed by atoms with Crippen molar-refractivity contribution in [3.8, 4) is 11.5 Å². The SMILES string of the molecule is Nc1nc(-c2ccco2)c2nnn(Cc3cc(F)ccc3[N+](=O)[O-])c2n1. The summed E-state index contributed by atoms with van der Waals surface area (Å²) in [6, 6.07) is 6.55. The number of hydrogen-bond acceptors (Lipinski definition) is 8. The first kappa shape index (κ1) is 15.6. The summed E-state index contributed by atoms with van der Waals surface area (Å²) in [5.41, 5.74) is 6.55. The van der Waals surface area contributed by atoms with Gasteiger partial charge < -0.3 is 10.2 Å². The van der Waals surface area contributed by atoms with E-state index in [0.29, 0.717) is 17.0 Å². The lowest BCUT2D eigenvalue weighted by molar-refractivity contribution is -0.385. The average molecular weight is 355 g/mol. The Hall–Kier alpha value is -3.89. The van der Waals surface area contributed by atoms with Crippen LogP contribution >= 0.6 is 0 Å². The Bertz CT molecular complexity index is 1120. The molecule has 0 radical (unpaired) electrons.